The maximum absolute atomic E-state index is 5.89. The van der Waals surface area contributed by atoms with Gasteiger partial charge in [-0.1, -0.05) is 11.6 Å². The maximum Gasteiger partial charge on any atom is 0.220 e. The molecular formula is C14H12ClN5. The Hall–Kier alpha value is -2.40. The second-order valence-corrected chi connectivity index (χ2v) is 4.79. The summed E-state index contributed by atoms with van der Waals surface area (Å²) in [5.41, 5.74) is 9.11. The second kappa shape index (κ2) is 4.94. The van der Waals surface area contributed by atoms with E-state index in [1.807, 2.05) is 43.5 Å². The molecule has 0 aliphatic carbocycles. The molecule has 0 bridgehead atoms. The zero-order valence-electron chi connectivity index (χ0n) is 10.8. The number of nitrogens with two attached hydrogens (primary N) is 1. The Labute approximate surface area is 121 Å². The lowest BCUT2D eigenvalue weighted by Gasteiger charge is -2.00. The summed E-state index contributed by atoms with van der Waals surface area (Å²) in [5.74, 6) is 0.251. The SMILES string of the molecule is Cc1nn(-c2ccc(Cl)cc2)cc1-c1ccnc(N)n1. The predicted octanol–water partition coefficient (Wildman–Crippen LogP) is 2.87. The average molecular weight is 286 g/mol. The third-order valence-electron chi connectivity index (χ3n) is 2.94. The van der Waals surface area contributed by atoms with E-state index in [4.69, 9.17) is 17.3 Å². The number of halogens is 1. The van der Waals surface area contributed by atoms with Crippen LogP contribution in [-0.4, -0.2) is 19.7 Å². The highest BCUT2D eigenvalue weighted by molar-refractivity contribution is 6.30. The van der Waals surface area contributed by atoms with Crippen LogP contribution in [0.15, 0.2) is 42.7 Å². The largest absolute Gasteiger partial charge is 0.368 e. The van der Waals surface area contributed by atoms with Crippen molar-refractivity contribution in [1.82, 2.24) is 19.7 Å². The zero-order chi connectivity index (χ0) is 14.1. The van der Waals surface area contributed by atoms with Crippen LogP contribution in [0.5, 0.6) is 0 Å². The van der Waals surface area contributed by atoms with Crippen LogP contribution in [0.3, 0.4) is 0 Å². The predicted molar refractivity (Wildman–Crippen MR) is 78.7 cm³/mol. The highest BCUT2D eigenvalue weighted by Gasteiger charge is 2.10. The monoisotopic (exact) mass is 285 g/mol. The number of hydrogen-bond acceptors (Lipinski definition) is 4. The standard InChI is InChI=1S/C14H12ClN5/c1-9-12(13-6-7-17-14(16)18-13)8-20(19-9)11-4-2-10(15)3-5-11/h2-8H,1H3,(H2,16,17,18). The van der Waals surface area contributed by atoms with E-state index >= 15 is 0 Å². The molecule has 0 atom stereocenters. The van der Waals surface area contributed by atoms with E-state index in [1.165, 1.54) is 0 Å². The van der Waals surface area contributed by atoms with Gasteiger partial charge in [-0.15, -0.1) is 0 Å². The number of nitrogens with zero attached hydrogens (tertiary/aromatic N) is 4. The van der Waals surface area contributed by atoms with Gasteiger partial charge in [0, 0.05) is 23.0 Å². The summed E-state index contributed by atoms with van der Waals surface area (Å²) in [6.07, 6.45) is 3.55. The Morgan fingerprint density at radius 1 is 1.15 bits per heavy atom. The van der Waals surface area contributed by atoms with E-state index in [0.29, 0.717) is 5.02 Å². The van der Waals surface area contributed by atoms with Gasteiger partial charge in [-0.2, -0.15) is 5.10 Å². The van der Waals surface area contributed by atoms with Crippen molar-refractivity contribution >= 4 is 17.5 Å². The molecule has 5 nitrogen and oxygen atoms in total. The molecule has 6 heteroatoms. The van der Waals surface area contributed by atoms with E-state index in [0.717, 1.165) is 22.6 Å². The van der Waals surface area contributed by atoms with E-state index in [1.54, 1.807) is 10.9 Å². The number of hydrogen-bond donors (Lipinski definition) is 1. The van der Waals surface area contributed by atoms with Crippen molar-refractivity contribution in [2.45, 2.75) is 6.92 Å². The highest BCUT2D eigenvalue weighted by atomic mass is 35.5. The summed E-state index contributed by atoms with van der Waals surface area (Å²) in [4.78, 5) is 8.11. The van der Waals surface area contributed by atoms with Crippen LogP contribution >= 0.6 is 11.6 Å². The van der Waals surface area contributed by atoms with Gasteiger partial charge in [-0.05, 0) is 37.3 Å². The number of benzene rings is 1. The Bertz CT molecular complexity index is 749. The lowest BCUT2D eigenvalue weighted by atomic mass is 10.2. The molecule has 2 aromatic heterocycles. The van der Waals surface area contributed by atoms with Crippen molar-refractivity contribution in [3.63, 3.8) is 0 Å². The van der Waals surface area contributed by atoms with Gasteiger partial charge in [0.25, 0.3) is 0 Å². The lowest BCUT2D eigenvalue weighted by Crippen LogP contribution is -1.95. The second-order valence-electron chi connectivity index (χ2n) is 4.35. The van der Waals surface area contributed by atoms with Crippen LogP contribution in [0.2, 0.25) is 5.02 Å². The number of rotatable bonds is 2. The number of aromatic nitrogens is 4. The molecule has 0 unspecified atom stereocenters. The molecule has 0 fully saturated rings. The topological polar surface area (TPSA) is 69.6 Å². The van der Waals surface area contributed by atoms with Crippen molar-refractivity contribution in [2.24, 2.45) is 0 Å². The maximum atomic E-state index is 5.89. The first-order chi connectivity index (χ1) is 9.63. The molecule has 2 N–H and O–H groups in total. The molecule has 20 heavy (non-hydrogen) atoms. The third kappa shape index (κ3) is 2.35. The van der Waals surface area contributed by atoms with E-state index in [9.17, 15) is 0 Å². The minimum atomic E-state index is 0.251. The van der Waals surface area contributed by atoms with Crippen molar-refractivity contribution < 1.29 is 0 Å². The molecule has 3 rings (SSSR count). The minimum Gasteiger partial charge on any atom is -0.368 e. The molecule has 1 aromatic carbocycles. The van der Waals surface area contributed by atoms with Gasteiger partial charge in [0.05, 0.1) is 17.1 Å². The Morgan fingerprint density at radius 3 is 2.60 bits per heavy atom. The number of aryl methyl sites for hydroxylation is 1. The molecule has 0 amide bonds. The van der Waals surface area contributed by atoms with Gasteiger partial charge in [-0.3, -0.25) is 0 Å². The molecule has 0 spiro atoms. The first-order valence-corrected chi connectivity index (χ1v) is 6.42. The molecular weight excluding hydrogens is 274 g/mol. The molecule has 0 aliphatic heterocycles. The number of anilines is 1. The summed E-state index contributed by atoms with van der Waals surface area (Å²) in [6, 6.07) is 9.29. The quantitative estimate of drug-likeness (QED) is 0.786. The first-order valence-electron chi connectivity index (χ1n) is 6.04. The van der Waals surface area contributed by atoms with Crippen molar-refractivity contribution in [3.05, 3.63) is 53.4 Å². The van der Waals surface area contributed by atoms with Crippen LogP contribution in [0.1, 0.15) is 5.69 Å². The lowest BCUT2D eigenvalue weighted by molar-refractivity contribution is 0.863. The summed E-state index contributed by atoms with van der Waals surface area (Å²) in [6.45, 7) is 1.93. The Kier molecular flexibility index (Phi) is 3.12. The van der Waals surface area contributed by atoms with Crippen LogP contribution in [0, 0.1) is 6.92 Å². The van der Waals surface area contributed by atoms with E-state index in [-0.39, 0.29) is 5.95 Å². The van der Waals surface area contributed by atoms with Crippen molar-refractivity contribution in [1.29, 1.82) is 0 Å². The number of nitrogen functional groups attached to an aromatic ring is 1. The molecule has 3 aromatic rings. The minimum absolute atomic E-state index is 0.251. The molecule has 0 saturated heterocycles. The van der Waals surface area contributed by atoms with Gasteiger partial charge in [0.2, 0.25) is 5.95 Å². The molecule has 0 aliphatic rings. The third-order valence-corrected chi connectivity index (χ3v) is 3.19. The van der Waals surface area contributed by atoms with Gasteiger partial charge < -0.3 is 5.73 Å². The van der Waals surface area contributed by atoms with Gasteiger partial charge >= 0.3 is 0 Å². The summed E-state index contributed by atoms with van der Waals surface area (Å²) in [5, 5.41) is 5.18. The summed E-state index contributed by atoms with van der Waals surface area (Å²) in [7, 11) is 0. The van der Waals surface area contributed by atoms with Gasteiger partial charge in [0.15, 0.2) is 0 Å². The Balaban J connectivity index is 2.05. The fourth-order valence-electron chi connectivity index (χ4n) is 1.96. The molecule has 0 saturated carbocycles. The molecule has 0 radical (unpaired) electrons. The van der Waals surface area contributed by atoms with Gasteiger partial charge in [-0.25, -0.2) is 14.6 Å². The molecule has 2 heterocycles. The first kappa shape index (κ1) is 12.6. The van der Waals surface area contributed by atoms with E-state index in [2.05, 4.69) is 15.1 Å². The normalized spacial score (nSPS) is 10.7. The van der Waals surface area contributed by atoms with Crippen LogP contribution < -0.4 is 5.73 Å². The van der Waals surface area contributed by atoms with Crippen LogP contribution in [0.4, 0.5) is 5.95 Å². The van der Waals surface area contributed by atoms with Crippen LogP contribution in [0.25, 0.3) is 16.9 Å². The highest BCUT2D eigenvalue weighted by Crippen LogP contribution is 2.22. The fraction of sp³-hybridized carbons (Fsp3) is 0.0714. The van der Waals surface area contributed by atoms with Crippen molar-refractivity contribution in [3.8, 4) is 16.9 Å². The van der Waals surface area contributed by atoms with Crippen molar-refractivity contribution in [2.75, 3.05) is 5.73 Å². The van der Waals surface area contributed by atoms with Gasteiger partial charge in [0.1, 0.15) is 0 Å². The summed E-state index contributed by atoms with van der Waals surface area (Å²) >= 11 is 5.89. The molecule has 100 valence electrons. The summed E-state index contributed by atoms with van der Waals surface area (Å²) < 4.78 is 1.79. The smallest absolute Gasteiger partial charge is 0.220 e. The van der Waals surface area contributed by atoms with E-state index < -0.39 is 0 Å². The Morgan fingerprint density at radius 2 is 1.90 bits per heavy atom. The van der Waals surface area contributed by atoms with Crippen LogP contribution in [-0.2, 0) is 0 Å². The average Bonchev–Trinajstić information content (AvgIpc) is 2.82. The fourth-order valence-corrected chi connectivity index (χ4v) is 2.09. The zero-order valence-corrected chi connectivity index (χ0v) is 11.5.